The van der Waals surface area contributed by atoms with E-state index in [0.717, 1.165) is 5.82 Å². The van der Waals surface area contributed by atoms with Crippen LogP contribution in [0.25, 0.3) is 27.8 Å². The fourth-order valence-electron chi connectivity index (χ4n) is 3.38. The highest BCUT2D eigenvalue weighted by molar-refractivity contribution is 5.94. The Labute approximate surface area is 141 Å². The number of hydrogen-bond acceptors (Lipinski definition) is 1. The topological polar surface area (TPSA) is 21.7 Å². The first-order valence-corrected chi connectivity index (χ1v) is 8.14. The van der Waals surface area contributed by atoms with Crippen molar-refractivity contribution in [2.24, 2.45) is 7.05 Å². The fourth-order valence-corrected chi connectivity index (χ4v) is 3.38. The molecule has 0 unspecified atom stereocenters. The third-order valence-corrected chi connectivity index (χ3v) is 4.64. The van der Waals surface area contributed by atoms with Gasteiger partial charge in [-0.1, -0.05) is 24.3 Å². The zero-order valence-electron chi connectivity index (χ0n) is 14.2. The number of aryl methyl sites for hydroxylation is 2. The van der Waals surface area contributed by atoms with Crippen LogP contribution in [0.15, 0.2) is 67.1 Å². The molecular formula is C21H20N3+. The van der Waals surface area contributed by atoms with Crippen LogP contribution in [0.1, 0.15) is 11.3 Å². The monoisotopic (exact) mass is 314 g/mol. The molecule has 2 heterocycles. The van der Waals surface area contributed by atoms with Crippen molar-refractivity contribution < 1.29 is 4.57 Å². The van der Waals surface area contributed by atoms with Crippen molar-refractivity contribution in [3.05, 3.63) is 78.4 Å². The van der Waals surface area contributed by atoms with Gasteiger partial charge in [0, 0.05) is 49.6 Å². The molecule has 4 rings (SSSR count). The van der Waals surface area contributed by atoms with Crippen molar-refractivity contribution >= 4 is 10.8 Å². The van der Waals surface area contributed by atoms with Crippen molar-refractivity contribution in [1.29, 1.82) is 0 Å². The largest absolute Gasteiger partial charge is 0.334 e. The van der Waals surface area contributed by atoms with E-state index in [1.54, 1.807) is 0 Å². The summed E-state index contributed by atoms with van der Waals surface area (Å²) >= 11 is 0. The molecule has 0 aliphatic carbocycles. The lowest BCUT2D eigenvalue weighted by molar-refractivity contribution is -0.601. The van der Waals surface area contributed by atoms with E-state index >= 15 is 0 Å². The van der Waals surface area contributed by atoms with E-state index in [-0.39, 0.29) is 0 Å². The van der Waals surface area contributed by atoms with E-state index in [2.05, 4.69) is 82.7 Å². The lowest BCUT2D eigenvalue weighted by Gasteiger charge is -2.12. The van der Waals surface area contributed by atoms with E-state index in [4.69, 9.17) is 0 Å². The summed E-state index contributed by atoms with van der Waals surface area (Å²) in [7, 11) is 2.04. The van der Waals surface area contributed by atoms with Gasteiger partial charge in [-0.2, -0.15) is 4.57 Å². The van der Waals surface area contributed by atoms with Crippen molar-refractivity contribution in [2.75, 3.05) is 0 Å². The zero-order valence-corrected chi connectivity index (χ0v) is 14.2. The van der Waals surface area contributed by atoms with Crippen LogP contribution in [0.5, 0.6) is 0 Å². The minimum absolute atomic E-state index is 0.994. The molecule has 0 spiro atoms. The van der Waals surface area contributed by atoms with Gasteiger partial charge in [0.1, 0.15) is 5.82 Å². The predicted molar refractivity (Wildman–Crippen MR) is 97.2 cm³/mol. The van der Waals surface area contributed by atoms with Crippen LogP contribution in [0.3, 0.4) is 0 Å². The maximum absolute atomic E-state index is 4.56. The van der Waals surface area contributed by atoms with Crippen molar-refractivity contribution in [1.82, 2.24) is 9.55 Å². The molecule has 2 aromatic heterocycles. The van der Waals surface area contributed by atoms with Crippen LogP contribution in [-0.2, 0) is 7.05 Å². The number of pyridine rings is 1. The normalized spacial score (nSPS) is 11.1. The molecule has 0 saturated carbocycles. The summed E-state index contributed by atoms with van der Waals surface area (Å²) < 4.78 is 4.34. The van der Waals surface area contributed by atoms with Gasteiger partial charge in [0.2, 0.25) is 5.69 Å². The molecule has 118 valence electrons. The van der Waals surface area contributed by atoms with E-state index < -0.39 is 0 Å². The third-order valence-electron chi connectivity index (χ3n) is 4.64. The second-order valence-electron chi connectivity index (χ2n) is 6.19. The molecule has 0 N–H and O–H groups in total. The van der Waals surface area contributed by atoms with Crippen LogP contribution in [0, 0.1) is 13.8 Å². The molecule has 24 heavy (non-hydrogen) atoms. The quantitative estimate of drug-likeness (QED) is 0.510. The SMILES string of the molecule is Cc1c(-c2nccn2C)cc2ccccc2c1-[n+]1ccccc1C. The maximum atomic E-state index is 4.56. The van der Waals surface area contributed by atoms with Crippen LogP contribution < -0.4 is 4.57 Å². The molecule has 0 aliphatic rings. The molecule has 0 saturated heterocycles. The molecule has 4 aromatic rings. The number of benzene rings is 2. The second-order valence-corrected chi connectivity index (χ2v) is 6.19. The standard InChI is InChI=1S/C21H20N3/c1-15-8-6-7-12-24(15)20-16(2)19(21-22-11-13-23(21)3)14-17-9-4-5-10-18(17)20/h4-14H,1-3H3/q+1. The summed E-state index contributed by atoms with van der Waals surface area (Å²) in [6.07, 6.45) is 5.97. The lowest BCUT2D eigenvalue weighted by Crippen LogP contribution is -2.34. The average molecular weight is 314 g/mol. The van der Waals surface area contributed by atoms with Gasteiger partial charge in [0.25, 0.3) is 0 Å². The van der Waals surface area contributed by atoms with Gasteiger partial charge < -0.3 is 4.57 Å². The second kappa shape index (κ2) is 5.60. The van der Waals surface area contributed by atoms with Gasteiger partial charge in [0.15, 0.2) is 11.9 Å². The highest BCUT2D eigenvalue weighted by Gasteiger charge is 2.21. The summed E-state index contributed by atoms with van der Waals surface area (Å²) in [4.78, 5) is 4.56. The highest BCUT2D eigenvalue weighted by atomic mass is 15.0. The zero-order chi connectivity index (χ0) is 16.7. The highest BCUT2D eigenvalue weighted by Crippen LogP contribution is 2.31. The van der Waals surface area contributed by atoms with Gasteiger partial charge in [0.05, 0.1) is 5.39 Å². The Hall–Kier alpha value is -2.94. The first-order valence-electron chi connectivity index (χ1n) is 8.14. The summed E-state index contributed by atoms with van der Waals surface area (Å²) in [5.74, 6) is 0.994. The summed E-state index contributed by atoms with van der Waals surface area (Å²) in [6.45, 7) is 4.33. The minimum Gasteiger partial charge on any atom is -0.334 e. The smallest absolute Gasteiger partial charge is 0.222 e. The molecule has 0 bridgehead atoms. The minimum atomic E-state index is 0.994. The van der Waals surface area contributed by atoms with Crippen LogP contribution in [0.2, 0.25) is 0 Å². The van der Waals surface area contributed by atoms with Crippen molar-refractivity contribution in [2.45, 2.75) is 13.8 Å². The van der Waals surface area contributed by atoms with E-state index in [1.165, 1.54) is 33.3 Å². The fraction of sp³-hybridized carbons (Fsp3) is 0.143. The van der Waals surface area contributed by atoms with Crippen LogP contribution >= 0.6 is 0 Å². The Balaban J connectivity index is 2.14. The van der Waals surface area contributed by atoms with E-state index in [1.807, 2.05) is 19.4 Å². The van der Waals surface area contributed by atoms with E-state index in [0.29, 0.717) is 0 Å². The Morgan fingerprint density at radius 3 is 2.54 bits per heavy atom. The molecule has 0 atom stereocenters. The Bertz CT molecular complexity index is 1040. The van der Waals surface area contributed by atoms with Crippen molar-refractivity contribution in [3.8, 4) is 17.1 Å². The molecule has 0 fully saturated rings. The molecule has 0 aliphatic heterocycles. The predicted octanol–water partition coefficient (Wildman–Crippen LogP) is 4.13. The van der Waals surface area contributed by atoms with Gasteiger partial charge >= 0.3 is 0 Å². The number of imidazole rings is 1. The first-order chi connectivity index (χ1) is 11.7. The van der Waals surface area contributed by atoms with Gasteiger partial charge in [-0.05, 0) is 24.4 Å². The van der Waals surface area contributed by atoms with Gasteiger partial charge in [-0.25, -0.2) is 4.98 Å². The van der Waals surface area contributed by atoms with Gasteiger partial charge in [-0.15, -0.1) is 0 Å². The summed E-state index contributed by atoms with van der Waals surface area (Å²) in [6, 6.07) is 17.1. The lowest BCUT2D eigenvalue weighted by atomic mass is 9.98. The third kappa shape index (κ3) is 2.21. The number of rotatable bonds is 2. The molecule has 0 amide bonds. The molecular weight excluding hydrogens is 294 g/mol. The van der Waals surface area contributed by atoms with Crippen LogP contribution in [0.4, 0.5) is 0 Å². The number of aromatic nitrogens is 3. The summed E-state index contributed by atoms with van der Waals surface area (Å²) in [5, 5.41) is 2.49. The van der Waals surface area contributed by atoms with Crippen molar-refractivity contribution in [3.63, 3.8) is 0 Å². The average Bonchev–Trinajstić information content (AvgIpc) is 3.01. The number of hydrogen-bond donors (Lipinski definition) is 0. The molecule has 3 heteroatoms. The maximum Gasteiger partial charge on any atom is 0.222 e. The molecule has 2 aromatic carbocycles. The van der Waals surface area contributed by atoms with Crippen LogP contribution in [-0.4, -0.2) is 9.55 Å². The number of nitrogens with zero attached hydrogens (tertiary/aromatic N) is 3. The Morgan fingerprint density at radius 1 is 1.00 bits per heavy atom. The first kappa shape index (κ1) is 14.6. The van der Waals surface area contributed by atoms with Gasteiger partial charge in [-0.3, -0.25) is 0 Å². The Kier molecular flexibility index (Phi) is 3.42. The molecule has 3 nitrogen and oxygen atoms in total. The summed E-state index contributed by atoms with van der Waals surface area (Å²) in [5.41, 5.74) is 4.85. The van der Waals surface area contributed by atoms with E-state index in [9.17, 15) is 0 Å². The Morgan fingerprint density at radius 2 is 1.79 bits per heavy atom. The molecule has 0 radical (unpaired) electrons. The number of fused-ring (bicyclic) bond motifs is 1.